The molecule has 2 aromatic carbocycles. The Labute approximate surface area is 170 Å². The lowest BCUT2D eigenvalue weighted by atomic mass is 10.2. The van der Waals surface area contributed by atoms with Gasteiger partial charge in [0.15, 0.2) is 0 Å². The predicted octanol–water partition coefficient (Wildman–Crippen LogP) is 2.79. The molecule has 8 heteroatoms. The SMILES string of the molecule is C=CCNS(=O)(=O)c1ccc(C(=O)N(C)Cc2nc3ccccc3n2CC)cc1. The molecule has 1 aromatic heterocycles. The van der Waals surface area contributed by atoms with Gasteiger partial charge in [0.1, 0.15) is 5.82 Å². The minimum absolute atomic E-state index is 0.103. The fourth-order valence-corrected chi connectivity index (χ4v) is 4.13. The molecule has 0 aliphatic heterocycles. The second-order valence-electron chi connectivity index (χ2n) is 6.59. The van der Waals surface area contributed by atoms with Crippen LogP contribution >= 0.6 is 0 Å². The highest BCUT2D eigenvalue weighted by Gasteiger charge is 2.18. The smallest absolute Gasteiger partial charge is 0.254 e. The number of carbonyl (C=O) groups is 1. The van der Waals surface area contributed by atoms with E-state index in [9.17, 15) is 13.2 Å². The van der Waals surface area contributed by atoms with Crippen molar-refractivity contribution in [2.24, 2.45) is 0 Å². The summed E-state index contributed by atoms with van der Waals surface area (Å²) in [6, 6.07) is 13.8. The van der Waals surface area contributed by atoms with E-state index in [-0.39, 0.29) is 17.3 Å². The van der Waals surface area contributed by atoms with Crippen molar-refractivity contribution in [2.75, 3.05) is 13.6 Å². The third-order valence-corrected chi connectivity index (χ3v) is 6.04. The van der Waals surface area contributed by atoms with Crippen molar-refractivity contribution in [3.8, 4) is 0 Å². The van der Waals surface area contributed by atoms with Gasteiger partial charge in [0.2, 0.25) is 10.0 Å². The van der Waals surface area contributed by atoms with Crippen LogP contribution in [-0.4, -0.2) is 42.4 Å². The van der Waals surface area contributed by atoms with Crippen LogP contribution in [-0.2, 0) is 23.1 Å². The monoisotopic (exact) mass is 412 g/mol. The second kappa shape index (κ2) is 8.59. The molecule has 0 unspecified atom stereocenters. The van der Waals surface area contributed by atoms with E-state index < -0.39 is 10.0 Å². The Kier molecular flexibility index (Phi) is 6.14. The number of aryl methyl sites for hydroxylation is 1. The summed E-state index contributed by atoms with van der Waals surface area (Å²) in [6.07, 6.45) is 1.47. The fourth-order valence-electron chi connectivity index (χ4n) is 3.13. The molecule has 0 bridgehead atoms. The normalized spacial score (nSPS) is 11.5. The molecule has 7 nitrogen and oxygen atoms in total. The molecule has 1 heterocycles. The van der Waals surface area contributed by atoms with Crippen molar-refractivity contribution in [1.29, 1.82) is 0 Å². The summed E-state index contributed by atoms with van der Waals surface area (Å²) in [4.78, 5) is 19.1. The maximum absolute atomic E-state index is 12.8. The van der Waals surface area contributed by atoms with E-state index in [4.69, 9.17) is 0 Å². The third-order valence-electron chi connectivity index (χ3n) is 4.60. The number of nitrogens with zero attached hydrogens (tertiary/aromatic N) is 3. The molecule has 0 spiro atoms. The molecule has 3 rings (SSSR count). The van der Waals surface area contributed by atoms with Gasteiger partial charge >= 0.3 is 0 Å². The van der Waals surface area contributed by atoms with Crippen LogP contribution in [0.2, 0.25) is 0 Å². The average molecular weight is 413 g/mol. The minimum Gasteiger partial charge on any atom is -0.334 e. The van der Waals surface area contributed by atoms with E-state index in [2.05, 4.69) is 20.9 Å². The molecular weight excluding hydrogens is 388 g/mol. The van der Waals surface area contributed by atoms with Gasteiger partial charge in [-0.15, -0.1) is 6.58 Å². The van der Waals surface area contributed by atoms with Gasteiger partial charge < -0.3 is 9.47 Å². The van der Waals surface area contributed by atoms with Crippen LogP contribution in [0.4, 0.5) is 0 Å². The second-order valence-corrected chi connectivity index (χ2v) is 8.35. The largest absolute Gasteiger partial charge is 0.334 e. The topological polar surface area (TPSA) is 84.3 Å². The van der Waals surface area contributed by atoms with Gasteiger partial charge in [0.05, 0.1) is 22.5 Å². The Bertz CT molecular complexity index is 1130. The van der Waals surface area contributed by atoms with Crippen LogP contribution in [0, 0.1) is 0 Å². The van der Waals surface area contributed by atoms with Gasteiger partial charge in [-0.1, -0.05) is 18.2 Å². The zero-order chi connectivity index (χ0) is 21.0. The maximum atomic E-state index is 12.8. The van der Waals surface area contributed by atoms with E-state index in [1.165, 1.54) is 30.3 Å². The van der Waals surface area contributed by atoms with Gasteiger partial charge in [-0.3, -0.25) is 4.79 Å². The lowest BCUT2D eigenvalue weighted by molar-refractivity contribution is 0.0780. The first-order valence-electron chi connectivity index (χ1n) is 9.27. The molecule has 0 radical (unpaired) electrons. The summed E-state index contributed by atoms with van der Waals surface area (Å²) < 4.78 is 28.8. The summed E-state index contributed by atoms with van der Waals surface area (Å²) in [7, 11) is -1.91. The first-order valence-corrected chi connectivity index (χ1v) is 10.8. The molecule has 0 saturated heterocycles. The van der Waals surface area contributed by atoms with E-state index in [0.29, 0.717) is 12.1 Å². The fraction of sp³-hybridized carbons (Fsp3) is 0.238. The quantitative estimate of drug-likeness (QED) is 0.577. The van der Waals surface area contributed by atoms with E-state index in [1.807, 2.05) is 31.2 Å². The number of hydrogen-bond acceptors (Lipinski definition) is 4. The van der Waals surface area contributed by atoms with Crippen LogP contribution < -0.4 is 4.72 Å². The van der Waals surface area contributed by atoms with Crippen molar-refractivity contribution in [3.63, 3.8) is 0 Å². The van der Waals surface area contributed by atoms with Crippen LogP contribution in [0.3, 0.4) is 0 Å². The molecule has 1 N–H and O–H groups in total. The highest BCUT2D eigenvalue weighted by Crippen LogP contribution is 2.18. The number of imidazole rings is 1. The number of nitrogens with one attached hydrogen (secondary N) is 1. The summed E-state index contributed by atoms with van der Waals surface area (Å²) in [5.41, 5.74) is 2.34. The van der Waals surface area contributed by atoms with Gasteiger partial charge in [-0.25, -0.2) is 18.1 Å². The molecule has 0 aliphatic carbocycles. The van der Waals surface area contributed by atoms with Crippen molar-refractivity contribution >= 4 is 27.0 Å². The first kappa shape index (κ1) is 20.8. The number of rotatable bonds is 8. The highest BCUT2D eigenvalue weighted by molar-refractivity contribution is 7.89. The summed E-state index contributed by atoms with van der Waals surface area (Å²) in [6.45, 7) is 6.78. The Morgan fingerprint density at radius 3 is 2.55 bits per heavy atom. The molecule has 0 aliphatic rings. The molecule has 29 heavy (non-hydrogen) atoms. The standard InChI is InChI=1S/C21H24N4O3S/c1-4-14-22-29(27,28)17-12-10-16(11-13-17)21(26)24(3)15-20-23-18-8-6-7-9-19(18)25(20)5-2/h4,6-13,22H,1,5,14-15H2,2-3H3. The highest BCUT2D eigenvalue weighted by atomic mass is 32.2. The van der Waals surface area contributed by atoms with Gasteiger partial charge in [-0.05, 0) is 43.3 Å². The summed E-state index contributed by atoms with van der Waals surface area (Å²) in [5.74, 6) is 0.597. The summed E-state index contributed by atoms with van der Waals surface area (Å²) in [5, 5.41) is 0. The summed E-state index contributed by atoms with van der Waals surface area (Å²) >= 11 is 0. The number of hydrogen-bond donors (Lipinski definition) is 1. The zero-order valence-corrected chi connectivity index (χ0v) is 17.3. The van der Waals surface area contributed by atoms with Crippen LogP contribution in [0.5, 0.6) is 0 Å². The molecule has 0 fully saturated rings. The Morgan fingerprint density at radius 2 is 1.90 bits per heavy atom. The van der Waals surface area contributed by atoms with E-state index in [1.54, 1.807) is 11.9 Å². The number of amides is 1. The molecule has 0 atom stereocenters. The Morgan fingerprint density at radius 1 is 1.21 bits per heavy atom. The van der Waals surface area contributed by atoms with Gasteiger partial charge in [-0.2, -0.15) is 0 Å². The molecule has 3 aromatic rings. The van der Waals surface area contributed by atoms with Gasteiger partial charge in [0.25, 0.3) is 5.91 Å². The van der Waals surface area contributed by atoms with Crippen molar-refractivity contribution in [3.05, 3.63) is 72.6 Å². The van der Waals surface area contributed by atoms with Crippen LogP contribution in [0.1, 0.15) is 23.1 Å². The average Bonchev–Trinajstić information content (AvgIpc) is 3.08. The maximum Gasteiger partial charge on any atom is 0.254 e. The van der Waals surface area contributed by atoms with Crippen molar-refractivity contribution < 1.29 is 13.2 Å². The first-order chi connectivity index (χ1) is 13.9. The number of aromatic nitrogens is 2. The number of benzene rings is 2. The molecule has 0 saturated carbocycles. The lowest BCUT2D eigenvalue weighted by Gasteiger charge is -2.18. The number of fused-ring (bicyclic) bond motifs is 1. The van der Waals surface area contributed by atoms with Crippen LogP contribution in [0.15, 0.2) is 66.1 Å². The number of sulfonamides is 1. The lowest BCUT2D eigenvalue weighted by Crippen LogP contribution is -2.28. The molecular formula is C21H24N4O3S. The van der Waals surface area contributed by atoms with Crippen LogP contribution in [0.25, 0.3) is 11.0 Å². The number of para-hydroxylation sites is 2. The van der Waals surface area contributed by atoms with Crippen molar-refractivity contribution in [1.82, 2.24) is 19.2 Å². The minimum atomic E-state index is -3.62. The predicted molar refractivity (Wildman–Crippen MR) is 113 cm³/mol. The zero-order valence-electron chi connectivity index (χ0n) is 16.5. The Balaban J connectivity index is 1.78. The molecule has 152 valence electrons. The molecule has 1 amide bonds. The van der Waals surface area contributed by atoms with Gasteiger partial charge in [0, 0.05) is 25.7 Å². The van der Waals surface area contributed by atoms with E-state index >= 15 is 0 Å². The Hall–Kier alpha value is -2.97. The third kappa shape index (κ3) is 4.38. The van der Waals surface area contributed by atoms with Crippen molar-refractivity contribution in [2.45, 2.75) is 24.9 Å². The van der Waals surface area contributed by atoms with E-state index in [0.717, 1.165) is 23.4 Å². The number of carbonyl (C=O) groups excluding carboxylic acids is 1.